The number of Topliss-reactive ketones (excluding diaryl/α,β-unsaturated/α-hetero) is 1. The number of ketones is 1. The van der Waals surface area contributed by atoms with Crippen molar-refractivity contribution in [3.8, 4) is 0 Å². The lowest BCUT2D eigenvalue weighted by atomic mass is 10.2. The molecule has 1 aromatic rings. The van der Waals surface area contributed by atoms with Crippen LogP contribution in [0.15, 0.2) is 11.4 Å². The molecule has 0 aromatic carbocycles. The van der Waals surface area contributed by atoms with Crippen LogP contribution in [0.25, 0.3) is 0 Å². The van der Waals surface area contributed by atoms with E-state index in [0.29, 0.717) is 6.42 Å². The number of carbonyl (C=O) groups is 1. The van der Waals surface area contributed by atoms with Crippen LogP contribution in [-0.4, -0.2) is 5.78 Å². The normalized spacial score (nSPS) is 23.3. The van der Waals surface area contributed by atoms with Gasteiger partial charge in [0.25, 0.3) is 0 Å². The third kappa shape index (κ3) is 0.646. The Bertz CT molecular complexity index is 279. The lowest BCUT2D eigenvalue weighted by molar-refractivity contribution is -0.423. The van der Waals surface area contributed by atoms with Gasteiger partial charge in [-0.15, -0.1) is 11.3 Å². The summed E-state index contributed by atoms with van der Waals surface area (Å²) in [7, 11) is 0. The number of fused-ring (bicyclic) bond motifs is 1. The molecule has 0 aliphatic heterocycles. The van der Waals surface area contributed by atoms with E-state index in [-0.39, 0.29) is 11.8 Å². The fourth-order valence-electron chi connectivity index (χ4n) is 1.29. The van der Waals surface area contributed by atoms with Crippen molar-refractivity contribution in [2.24, 2.45) is 0 Å². The SMILES string of the molecule is [NH3+][C@H]1CC(=O)c2sccc21. The van der Waals surface area contributed by atoms with Gasteiger partial charge in [-0.05, 0) is 11.4 Å². The van der Waals surface area contributed by atoms with E-state index in [4.69, 9.17) is 0 Å². The van der Waals surface area contributed by atoms with Crippen molar-refractivity contribution in [2.75, 3.05) is 0 Å². The predicted molar refractivity (Wildman–Crippen MR) is 38.9 cm³/mol. The molecule has 0 bridgehead atoms. The molecule has 1 atom stereocenters. The maximum absolute atomic E-state index is 11.1. The molecule has 0 saturated carbocycles. The summed E-state index contributed by atoms with van der Waals surface area (Å²) < 4.78 is 0. The number of carbonyl (C=O) groups excluding carboxylic acids is 1. The zero-order chi connectivity index (χ0) is 7.14. The largest absolute Gasteiger partial charge is 0.351 e. The molecular formula is C7H8NOS+. The maximum atomic E-state index is 11.1. The lowest BCUT2D eigenvalue weighted by Crippen LogP contribution is -2.52. The van der Waals surface area contributed by atoms with Gasteiger partial charge in [0.05, 0.1) is 11.3 Å². The Hall–Kier alpha value is -0.670. The number of thiophene rings is 1. The highest BCUT2D eigenvalue weighted by Crippen LogP contribution is 2.31. The minimum absolute atomic E-state index is 0.216. The van der Waals surface area contributed by atoms with Crippen molar-refractivity contribution >= 4 is 17.1 Å². The molecule has 0 saturated heterocycles. The molecular weight excluding hydrogens is 146 g/mol. The van der Waals surface area contributed by atoms with Gasteiger partial charge in [-0.25, -0.2) is 0 Å². The fourth-order valence-corrected chi connectivity index (χ4v) is 2.23. The predicted octanol–water partition coefficient (Wildman–Crippen LogP) is 0.618. The summed E-state index contributed by atoms with van der Waals surface area (Å²) in [6.07, 6.45) is 0.613. The van der Waals surface area contributed by atoms with Crippen molar-refractivity contribution < 1.29 is 10.5 Å². The van der Waals surface area contributed by atoms with E-state index >= 15 is 0 Å². The molecule has 10 heavy (non-hydrogen) atoms. The van der Waals surface area contributed by atoms with E-state index in [0.717, 1.165) is 10.4 Å². The summed E-state index contributed by atoms with van der Waals surface area (Å²) in [6, 6.07) is 2.22. The van der Waals surface area contributed by atoms with E-state index in [1.165, 1.54) is 11.3 Å². The lowest BCUT2D eigenvalue weighted by Gasteiger charge is -1.91. The average Bonchev–Trinajstić information content (AvgIpc) is 2.39. The van der Waals surface area contributed by atoms with Crippen molar-refractivity contribution in [2.45, 2.75) is 12.5 Å². The molecule has 52 valence electrons. The Labute approximate surface area is 62.7 Å². The second-order valence-electron chi connectivity index (χ2n) is 2.53. The summed E-state index contributed by atoms with van der Waals surface area (Å²) in [5.74, 6) is 0.269. The van der Waals surface area contributed by atoms with Gasteiger partial charge in [-0.1, -0.05) is 0 Å². The minimum atomic E-state index is 0.216. The van der Waals surface area contributed by atoms with Crippen LogP contribution in [0, 0.1) is 0 Å². The first kappa shape index (κ1) is 6.07. The highest BCUT2D eigenvalue weighted by Gasteiger charge is 2.30. The minimum Gasteiger partial charge on any atom is -0.351 e. The molecule has 0 fully saturated rings. The average molecular weight is 154 g/mol. The first-order valence-corrected chi connectivity index (χ1v) is 4.10. The summed E-state index contributed by atoms with van der Waals surface area (Å²) in [4.78, 5) is 12.0. The third-order valence-electron chi connectivity index (χ3n) is 1.82. The molecule has 1 aliphatic rings. The fraction of sp³-hybridized carbons (Fsp3) is 0.286. The second kappa shape index (κ2) is 1.90. The zero-order valence-electron chi connectivity index (χ0n) is 5.46. The zero-order valence-corrected chi connectivity index (χ0v) is 6.28. The summed E-state index contributed by atoms with van der Waals surface area (Å²) >= 11 is 1.53. The van der Waals surface area contributed by atoms with Gasteiger partial charge in [0.15, 0.2) is 5.78 Å². The molecule has 3 N–H and O–H groups in total. The number of hydrogen-bond donors (Lipinski definition) is 1. The van der Waals surface area contributed by atoms with Gasteiger partial charge in [0.1, 0.15) is 6.04 Å². The molecule has 3 heteroatoms. The standard InChI is InChI=1S/C7H7NOS/c8-5-3-6(9)7-4(5)1-2-10-7/h1-2,5H,3,8H2/p+1/t5-/m0/s1. The van der Waals surface area contributed by atoms with Gasteiger partial charge in [-0.3, -0.25) is 4.79 Å². The second-order valence-corrected chi connectivity index (χ2v) is 3.45. The van der Waals surface area contributed by atoms with Gasteiger partial charge >= 0.3 is 0 Å². The molecule has 0 radical (unpaired) electrons. The molecule has 1 aromatic heterocycles. The molecule has 0 spiro atoms. The van der Waals surface area contributed by atoms with Crippen molar-refractivity contribution in [3.05, 3.63) is 21.9 Å². The van der Waals surface area contributed by atoms with Gasteiger partial charge in [0.2, 0.25) is 0 Å². The van der Waals surface area contributed by atoms with Gasteiger partial charge in [0, 0.05) is 5.56 Å². The van der Waals surface area contributed by atoms with Crippen LogP contribution in [0.3, 0.4) is 0 Å². The van der Waals surface area contributed by atoms with Crippen molar-refractivity contribution in [1.82, 2.24) is 0 Å². The van der Waals surface area contributed by atoms with Crippen LogP contribution in [0.1, 0.15) is 27.7 Å². The highest BCUT2D eigenvalue weighted by molar-refractivity contribution is 7.12. The van der Waals surface area contributed by atoms with Crippen LogP contribution >= 0.6 is 11.3 Å². The number of hydrogen-bond acceptors (Lipinski definition) is 2. The van der Waals surface area contributed by atoms with E-state index in [1.54, 1.807) is 0 Å². The van der Waals surface area contributed by atoms with Crippen molar-refractivity contribution in [1.29, 1.82) is 0 Å². The Morgan fingerprint density at radius 1 is 1.70 bits per heavy atom. The molecule has 2 rings (SSSR count). The highest BCUT2D eigenvalue weighted by atomic mass is 32.1. The molecule has 0 unspecified atom stereocenters. The van der Waals surface area contributed by atoms with E-state index in [9.17, 15) is 4.79 Å². The van der Waals surface area contributed by atoms with Gasteiger partial charge in [-0.2, -0.15) is 0 Å². The third-order valence-corrected chi connectivity index (χ3v) is 2.79. The van der Waals surface area contributed by atoms with E-state index in [1.807, 2.05) is 11.4 Å². The Balaban J connectivity index is 2.58. The molecule has 2 nitrogen and oxygen atoms in total. The summed E-state index contributed by atoms with van der Waals surface area (Å²) in [6.45, 7) is 0. The first-order valence-electron chi connectivity index (χ1n) is 3.22. The number of quaternary nitrogens is 1. The van der Waals surface area contributed by atoms with E-state index < -0.39 is 0 Å². The molecule has 1 aliphatic carbocycles. The summed E-state index contributed by atoms with van der Waals surface area (Å²) in [5.41, 5.74) is 5.04. The van der Waals surface area contributed by atoms with Crippen molar-refractivity contribution in [3.63, 3.8) is 0 Å². The summed E-state index contributed by atoms with van der Waals surface area (Å²) in [5, 5.41) is 1.96. The molecule has 1 heterocycles. The van der Waals surface area contributed by atoms with E-state index in [2.05, 4.69) is 5.73 Å². The van der Waals surface area contributed by atoms with Gasteiger partial charge < -0.3 is 5.73 Å². The van der Waals surface area contributed by atoms with Crippen LogP contribution < -0.4 is 5.73 Å². The Kier molecular flexibility index (Phi) is 1.16. The maximum Gasteiger partial charge on any atom is 0.179 e. The smallest absolute Gasteiger partial charge is 0.179 e. The first-order chi connectivity index (χ1) is 4.79. The van der Waals surface area contributed by atoms with Crippen LogP contribution in [-0.2, 0) is 0 Å². The Morgan fingerprint density at radius 2 is 2.50 bits per heavy atom. The topological polar surface area (TPSA) is 44.7 Å². The monoisotopic (exact) mass is 154 g/mol. The Morgan fingerprint density at radius 3 is 3.20 bits per heavy atom. The van der Waals surface area contributed by atoms with Crippen LogP contribution in [0.5, 0.6) is 0 Å². The molecule has 0 amide bonds. The van der Waals surface area contributed by atoms with Crippen LogP contribution in [0.2, 0.25) is 0 Å². The quantitative estimate of drug-likeness (QED) is 0.585. The number of rotatable bonds is 0. The van der Waals surface area contributed by atoms with Crippen LogP contribution in [0.4, 0.5) is 0 Å².